The van der Waals surface area contributed by atoms with E-state index in [2.05, 4.69) is 0 Å². The van der Waals surface area contributed by atoms with Crippen LogP contribution in [0.15, 0.2) is 0 Å². The quantitative estimate of drug-likeness (QED) is 0.537. The Hall–Kier alpha value is 0.520. The summed E-state index contributed by atoms with van der Waals surface area (Å²) in [5, 5.41) is 8.89. The Labute approximate surface area is 108 Å². The summed E-state index contributed by atoms with van der Waals surface area (Å²) in [5.74, 6) is -1.08. The first-order chi connectivity index (χ1) is 6.58. The normalized spacial score (nSPS) is 8.87. The molecule has 0 aromatic rings. The van der Waals surface area contributed by atoms with Crippen LogP contribution in [0.1, 0.15) is 27.7 Å². The minimum absolute atomic E-state index is 0. The van der Waals surface area contributed by atoms with Gasteiger partial charge < -0.3 is 23.5 Å². The molecule has 0 rings (SSSR count). The maximum Gasteiger partial charge on any atom is 1.00 e. The van der Waals surface area contributed by atoms with Gasteiger partial charge in [0.05, 0.1) is 19.8 Å². The SMILES string of the molecule is CC(=O)[O-].CCOP(OCC)OCC.[Ag+]. The molecule has 0 fully saturated rings. The Bertz CT molecular complexity index is 118. The maximum atomic E-state index is 8.89. The van der Waals surface area contributed by atoms with Crippen molar-refractivity contribution in [3.8, 4) is 0 Å². The van der Waals surface area contributed by atoms with Gasteiger partial charge in [-0.1, -0.05) is 0 Å². The average Bonchev–Trinajstić information content (AvgIpc) is 2.04. The van der Waals surface area contributed by atoms with Crippen molar-refractivity contribution in [1.29, 1.82) is 0 Å². The molecule has 0 atom stereocenters. The van der Waals surface area contributed by atoms with E-state index in [0.717, 1.165) is 6.92 Å². The number of carboxylic acids is 1. The molecule has 0 aromatic carbocycles. The molecule has 0 N–H and O–H groups in total. The molecule has 0 aliphatic carbocycles. The summed E-state index contributed by atoms with van der Waals surface area (Å²) in [7, 11) is -1.06. The van der Waals surface area contributed by atoms with Crippen molar-refractivity contribution in [3.63, 3.8) is 0 Å². The molecule has 0 unspecified atom stereocenters. The standard InChI is InChI=1S/C6H15O3P.C2H4O2.Ag/c1-4-7-10(8-5-2)9-6-3;1-2(3)4;/h4-6H2,1-3H3;1H3,(H,3,4);/q;;+1/p-1. The summed E-state index contributed by atoms with van der Waals surface area (Å²) in [6.45, 7) is 8.68. The van der Waals surface area contributed by atoms with Crippen LogP contribution in [0.2, 0.25) is 0 Å². The Morgan fingerprint density at radius 2 is 1.27 bits per heavy atom. The summed E-state index contributed by atoms with van der Waals surface area (Å²) >= 11 is 0. The van der Waals surface area contributed by atoms with Crippen molar-refractivity contribution >= 4 is 14.6 Å². The topological polar surface area (TPSA) is 67.8 Å². The Morgan fingerprint density at radius 3 is 1.40 bits per heavy atom. The first kappa shape index (κ1) is 20.9. The number of rotatable bonds is 6. The number of hydrogen-bond acceptors (Lipinski definition) is 5. The van der Waals surface area contributed by atoms with E-state index in [9.17, 15) is 0 Å². The van der Waals surface area contributed by atoms with Crippen LogP contribution in [0.25, 0.3) is 0 Å². The number of aliphatic carboxylic acids is 1. The molecular weight excluding hydrogens is 315 g/mol. The summed E-state index contributed by atoms with van der Waals surface area (Å²) < 4.78 is 15.4. The van der Waals surface area contributed by atoms with Crippen LogP contribution in [-0.4, -0.2) is 25.8 Å². The van der Waals surface area contributed by atoms with E-state index in [0.29, 0.717) is 19.8 Å². The smallest absolute Gasteiger partial charge is 0.550 e. The Balaban J connectivity index is -0.000000249. The zero-order valence-corrected chi connectivity index (χ0v) is 11.8. The van der Waals surface area contributed by atoms with Crippen molar-refractivity contribution in [2.45, 2.75) is 27.7 Å². The Kier molecular flexibility index (Phi) is 23.6. The molecule has 0 aliphatic rings. The van der Waals surface area contributed by atoms with Crippen molar-refractivity contribution in [2.24, 2.45) is 0 Å². The fourth-order valence-corrected chi connectivity index (χ4v) is 1.28. The van der Waals surface area contributed by atoms with Crippen molar-refractivity contribution in [2.75, 3.05) is 19.8 Å². The predicted octanol–water partition coefficient (Wildman–Crippen LogP) is 1.08. The molecule has 0 heterocycles. The van der Waals surface area contributed by atoms with E-state index in [1.54, 1.807) is 0 Å². The number of carbonyl (C=O) groups is 1. The molecule has 0 aliphatic heterocycles. The summed E-state index contributed by atoms with van der Waals surface area (Å²) in [5.41, 5.74) is 0. The van der Waals surface area contributed by atoms with Crippen molar-refractivity contribution < 1.29 is 45.9 Å². The zero-order valence-electron chi connectivity index (χ0n) is 9.41. The van der Waals surface area contributed by atoms with Crippen LogP contribution in [0.4, 0.5) is 0 Å². The van der Waals surface area contributed by atoms with Crippen LogP contribution < -0.4 is 5.11 Å². The molecule has 0 radical (unpaired) electrons. The molecule has 0 saturated carbocycles. The summed E-state index contributed by atoms with van der Waals surface area (Å²) in [6.07, 6.45) is 0. The summed E-state index contributed by atoms with van der Waals surface area (Å²) in [6, 6.07) is 0. The van der Waals surface area contributed by atoms with E-state index >= 15 is 0 Å². The number of carbonyl (C=O) groups excluding carboxylic acids is 1. The van der Waals surface area contributed by atoms with Gasteiger partial charge in [0.1, 0.15) is 0 Å². The van der Waals surface area contributed by atoms with Gasteiger partial charge >= 0.3 is 31.0 Å². The van der Waals surface area contributed by atoms with Gasteiger partial charge in [0.25, 0.3) is 0 Å². The third-order valence-electron chi connectivity index (χ3n) is 0.704. The fourth-order valence-electron chi connectivity index (χ4n) is 0.428. The van der Waals surface area contributed by atoms with Gasteiger partial charge in [-0.3, -0.25) is 0 Å². The van der Waals surface area contributed by atoms with Gasteiger partial charge in [0.15, 0.2) is 0 Å². The second kappa shape index (κ2) is 16.9. The largest absolute Gasteiger partial charge is 1.00 e. The summed E-state index contributed by atoms with van der Waals surface area (Å²) in [4.78, 5) is 8.89. The first-order valence-corrected chi connectivity index (χ1v) is 5.54. The minimum Gasteiger partial charge on any atom is -0.550 e. The van der Waals surface area contributed by atoms with Crippen LogP contribution in [-0.2, 0) is 40.7 Å². The zero-order chi connectivity index (χ0) is 11.4. The third-order valence-corrected chi connectivity index (χ3v) is 2.11. The molecule has 0 amide bonds. The van der Waals surface area contributed by atoms with Gasteiger partial charge in [-0.15, -0.1) is 0 Å². The van der Waals surface area contributed by atoms with Gasteiger partial charge in [0.2, 0.25) is 0 Å². The monoisotopic (exact) mass is 332 g/mol. The Morgan fingerprint density at radius 1 is 1.07 bits per heavy atom. The van der Waals surface area contributed by atoms with E-state index < -0.39 is 14.6 Å². The second-order valence-electron chi connectivity index (χ2n) is 1.97. The molecule has 7 heteroatoms. The average molecular weight is 333 g/mol. The van der Waals surface area contributed by atoms with E-state index in [4.69, 9.17) is 23.5 Å². The van der Waals surface area contributed by atoms with E-state index in [1.165, 1.54) is 0 Å². The van der Waals surface area contributed by atoms with E-state index in [1.807, 2.05) is 20.8 Å². The van der Waals surface area contributed by atoms with Crippen molar-refractivity contribution in [1.82, 2.24) is 0 Å². The van der Waals surface area contributed by atoms with Gasteiger partial charge in [-0.2, -0.15) is 0 Å². The number of hydrogen-bond donors (Lipinski definition) is 0. The van der Waals surface area contributed by atoms with Crippen LogP contribution in [0.5, 0.6) is 0 Å². The second-order valence-corrected chi connectivity index (χ2v) is 3.19. The van der Waals surface area contributed by atoms with Gasteiger partial charge in [0, 0.05) is 5.97 Å². The van der Waals surface area contributed by atoms with Crippen LogP contribution in [0.3, 0.4) is 0 Å². The van der Waals surface area contributed by atoms with E-state index in [-0.39, 0.29) is 22.4 Å². The number of carboxylic acid groups (broad SMARTS) is 1. The molecule has 5 nitrogen and oxygen atoms in total. The minimum atomic E-state index is -1.08. The van der Waals surface area contributed by atoms with Crippen molar-refractivity contribution in [3.05, 3.63) is 0 Å². The van der Waals surface area contributed by atoms with Crippen LogP contribution >= 0.6 is 8.60 Å². The maximum absolute atomic E-state index is 8.89. The predicted molar refractivity (Wildman–Crippen MR) is 52.5 cm³/mol. The molecule has 96 valence electrons. The molecule has 0 bridgehead atoms. The van der Waals surface area contributed by atoms with Gasteiger partial charge in [-0.25, -0.2) is 0 Å². The molecule has 0 aromatic heterocycles. The van der Waals surface area contributed by atoms with Crippen LogP contribution in [0, 0.1) is 0 Å². The van der Waals surface area contributed by atoms with Gasteiger partial charge in [-0.05, 0) is 27.7 Å². The molecule has 15 heavy (non-hydrogen) atoms. The molecular formula is C8H18AgO5P. The fraction of sp³-hybridized carbons (Fsp3) is 0.875. The molecule has 0 spiro atoms. The third kappa shape index (κ3) is 25.1. The molecule has 0 saturated heterocycles. The first-order valence-electron chi connectivity index (χ1n) is 4.44.